The second kappa shape index (κ2) is 8.65. The molecule has 0 spiro atoms. The van der Waals surface area contributed by atoms with Crippen molar-refractivity contribution in [3.05, 3.63) is 58.1 Å². The lowest BCUT2D eigenvalue weighted by Crippen LogP contribution is -2.37. The third-order valence-corrected chi connectivity index (χ3v) is 5.89. The van der Waals surface area contributed by atoms with Crippen LogP contribution in [0.1, 0.15) is 22.8 Å². The number of carbonyl (C=O) groups excluding carboxylic acids is 3. The van der Waals surface area contributed by atoms with Crippen LogP contribution in [0.2, 0.25) is 0 Å². The third kappa shape index (κ3) is 3.85. The van der Waals surface area contributed by atoms with Gasteiger partial charge in [-0.3, -0.25) is 14.4 Å². The number of hydrogen-bond acceptors (Lipinski definition) is 6. The lowest BCUT2D eigenvalue weighted by molar-refractivity contribution is -0.121. The molecule has 0 saturated carbocycles. The van der Waals surface area contributed by atoms with Crippen molar-refractivity contribution in [2.45, 2.75) is 13.3 Å². The second-order valence-corrected chi connectivity index (χ2v) is 7.83. The Kier molecular flexibility index (Phi) is 6.24. The van der Waals surface area contributed by atoms with Crippen molar-refractivity contribution in [1.29, 1.82) is 0 Å². The van der Waals surface area contributed by atoms with Crippen LogP contribution < -0.4 is 0 Å². The van der Waals surface area contributed by atoms with E-state index in [2.05, 4.69) is 0 Å². The van der Waals surface area contributed by atoms with Crippen molar-refractivity contribution in [1.82, 2.24) is 4.90 Å². The maximum atomic E-state index is 12.8. The SMILES string of the molecule is COC1=C(OC)C(=O)C(Cc2cccc(C(=O)N3CCSCC3)c2)=C(C)C1=O. The summed E-state index contributed by atoms with van der Waals surface area (Å²) >= 11 is 1.85. The predicted octanol–water partition coefficient (Wildman–Crippen LogP) is 2.39. The van der Waals surface area contributed by atoms with Crippen molar-refractivity contribution in [3.8, 4) is 0 Å². The Balaban J connectivity index is 1.86. The molecule has 1 heterocycles. The number of hydrogen-bond donors (Lipinski definition) is 0. The van der Waals surface area contributed by atoms with E-state index in [0.29, 0.717) is 16.7 Å². The number of nitrogens with zero attached hydrogens (tertiary/aromatic N) is 1. The number of carbonyl (C=O) groups is 3. The maximum Gasteiger partial charge on any atom is 0.253 e. The molecule has 0 aromatic heterocycles. The molecule has 0 bridgehead atoms. The lowest BCUT2D eigenvalue weighted by atomic mass is 9.88. The average Bonchev–Trinajstić information content (AvgIpc) is 2.73. The summed E-state index contributed by atoms with van der Waals surface area (Å²) in [5, 5.41) is 0. The molecule has 0 unspecified atom stereocenters. The van der Waals surface area contributed by atoms with E-state index >= 15 is 0 Å². The van der Waals surface area contributed by atoms with Gasteiger partial charge in [-0.05, 0) is 24.6 Å². The standard InChI is InChI=1S/C21H23NO5S/c1-13-16(18(24)20(27-3)19(26-2)17(13)23)12-14-5-4-6-15(11-14)21(25)22-7-9-28-10-8-22/h4-6,11H,7-10,12H2,1-3H3. The van der Waals surface area contributed by atoms with Gasteiger partial charge in [-0.2, -0.15) is 11.8 Å². The summed E-state index contributed by atoms with van der Waals surface area (Å²) < 4.78 is 10.2. The van der Waals surface area contributed by atoms with Crippen molar-refractivity contribution in [2.75, 3.05) is 38.8 Å². The number of methoxy groups -OCH3 is 2. The largest absolute Gasteiger partial charge is 0.489 e. The van der Waals surface area contributed by atoms with E-state index in [-0.39, 0.29) is 35.4 Å². The number of Topliss-reactive ketones (excluding diaryl/α,β-unsaturated/α-hetero) is 2. The molecule has 1 saturated heterocycles. The van der Waals surface area contributed by atoms with Gasteiger partial charge in [0.05, 0.1) is 14.2 Å². The highest BCUT2D eigenvalue weighted by Crippen LogP contribution is 2.28. The fourth-order valence-electron chi connectivity index (χ4n) is 3.37. The normalized spacial score (nSPS) is 17.9. The molecule has 28 heavy (non-hydrogen) atoms. The van der Waals surface area contributed by atoms with E-state index in [4.69, 9.17) is 9.47 Å². The van der Waals surface area contributed by atoms with Gasteiger partial charge in [-0.25, -0.2) is 0 Å². The monoisotopic (exact) mass is 401 g/mol. The minimum absolute atomic E-state index is 0.00181. The third-order valence-electron chi connectivity index (χ3n) is 4.95. The number of thioether (sulfide) groups is 1. The molecule has 1 aromatic carbocycles. The molecular weight excluding hydrogens is 378 g/mol. The van der Waals surface area contributed by atoms with Crippen molar-refractivity contribution in [3.63, 3.8) is 0 Å². The minimum atomic E-state index is -0.360. The molecule has 1 aliphatic carbocycles. The number of ketones is 2. The first-order valence-corrected chi connectivity index (χ1v) is 10.2. The van der Waals surface area contributed by atoms with Crippen LogP contribution in [0.3, 0.4) is 0 Å². The highest BCUT2D eigenvalue weighted by Gasteiger charge is 2.34. The van der Waals surface area contributed by atoms with Crippen molar-refractivity contribution in [2.24, 2.45) is 0 Å². The van der Waals surface area contributed by atoms with Gasteiger partial charge in [0, 0.05) is 47.7 Å². The highest BCUT2D eigenvalue weighted by atomic mass is 32.2. The van der Waals surface area contributed by atoms with Crippen LogP contribution in [-0.4, -0.2) is 61.2 Å². The smallest absolute Gasteiger partial charge is 0.253 e. The fourth-order valence-corrected chi connectivity index (χ4v) is 4.28. The highest BCUT2D eigenvalue weighted by molar-refractivity contribution is 7.99. The zero-order valence-corrected chi connectivity index (χ0v) is 17.1. The molecule has 148 valence electrons. The molecular formula is C21H23NO5S. The Morgan fingerprint density at radius 1 is 1.07 bits per heavy atom. The summed E-state index contributed by atoms with van der Waals surface area (Å²) in [4.78, 5) is 39.9. The van der Waals surface area contributed by atoms with Crippen molar-refractivity contribution < 1.29 is 23.9 Å². The van der Waals surface area contributed by atoms with E-state index in [1.807, 2.05) is 22.7 Å². The first kappa shape index (κ1) is 20.2. The zero-order chi connectivity index (χ0) is 20.3. The topological polar surface area (TPSA) is 72.9 Å². The van der Waals surface area contributed by atoms with Crippen LogP contribution in [-0.2, 0) is 25.5 Å². The van der Waals surface area contributed by atoms with Gasteiger partial charge in [0.2, 0.25) is 23.1 Å². The summed E-state index contributed by atoms with van der Waals surface area (Å²) in [5.74, 6) is 1.03. The van der Waals surface area contributed by atoms with E-state index in [1.54, 1.807) is 25.1 Å². The molecule has 0 N–H and O–H groups in total. The lowest BCUT2D eigenvalue weighted by Gasteiger charge is -2.26. The van der Waals surface area contributed by atoms with E-state index in [0.717, 1.165) is 30.2 Å². The summed E-state index contributed by atoms with van der Waals surface area (Å²) in [6.45, 7) is 3.10. The van der Waals surface area contributed by atoms with Crippen molar-refractivity contribution >= 4 is 29.2 Å². The van der Waals surface area contributed by atoms with Crippen LogP contribution >= 0.6 is 11.8 Å². The maximum absolute atomic E-state index is 12.8. The van der Waals surface area contributed by atoms with E-state index in [9.17, 15) is 14.4 Å². The molecule has 1 aliphatic heterocycles. The van der Waals surface area contributed by atoms with Gasteiger partial charge in [0.1, 0.15) is 0 Å². The molecule has 1 fully saturated rings. The van der Waals surface area contributed by atoms with Crippen LogP contribution in [0, 0.1) is 0 Å². The summed E-state index contributed by atoms with van der Waals surface area (Å²) in [5.41, 5.74) is 2.09. The van der Waals surface area contributed by atoms with Gasteiger partial charge in [-0.15, -0.1) is 0 Å². The molecule has 0 atom stereocenters. The predicted molar refractivity (Wildman–Crippen MR) is 107 cm³/mol. The van der Waals surface area contributed by atoms with Crippen LogP contribution in [0.25, 0.3) is 0 Å². The number of benzene rings is 1. The molecule has 7 heteroatoms. The first-order valence-electron chi connectivity index (χ1n) is 9.05. The number of allylic oxidation sites excluding steroid dienone is 2. The quantitative estimate of drug-likeness (QED) is 0.706. The van der Waals surface area contributed by atoms with Gasteiger partial charge < -0.3 is 14.4 Å². The number of rotatable bonds is 5. The Morgan fingerprint density at radius 3 is 2.36 bits per heavy atom. The van der Waals surface area contributed by atoms with Crippen LogP contribution in [0.15, 0.2) is 46.9 Å². The summed E-state index contributed by atoms with van der Waals surface area (Å²) in [6.07, 6.45) is 0.247. The number of amides is 1. The molecule has 6 nitrogen and oxygen atoms in total. The minimum Gasteiger partial charge on any atom is -0.489 e. The molecule has 3 rings (SSSR count). The van der Waals surface area contributed by atoms with Gasteiger partial charge >= 0.3 is 0 Å². The Bertz CT molecular complexity index is 881. The van der Waals surface area contributed by atoms with Gasteiger partial charge in [-0.1, -0.05) is 12.1 Å². The van der Waals surface area contributed by atoms with Crippen LogP contribution in [0.5, 0.6) is 0 Å². The molecule has 1 amide bonds. The van der Waals surface area contributed by atoms with E-state index < -0.39 is 0 Å². The van der Waals surface area contributed by atoms with Crippen LogP contribution in [0.4, 0.5) is 0 Å². The Labute approximate surface area is 168 Å². The molecule has 2 aliphatic rings. The fraction of sp³-hybridized carbons (Fsp3) is 0.381. The molecule has 0 radical (unpaired) electrons. The first-order chi connectivity index (χ1) is 13.5. The Hall–Kier alpha value is -2.54. The summed E-state index contributed by atoms with van der Waals surface area (Å²) in [6, 6.07) is 7.24. The van der Waals surface area contributed by atoms with Gasteiger partial charge in [0.15, 0.2) is 0 Å². The Morgan fingerprint density at radius 2 is 1.71 bits per heavy atom. The average molecular weight is 401 g/mol. The second-order valence-electron chi connectivity index (χ2n) is 6.61. The van der Waals surface area contributed by atoms with Gasteiger partial charge in [0.25, 0.3) is 5.91 Å². The summed E-state index contributed by atoms with van der Waals surface area (Å²) in [7, 11) is 2.68. The zero-order valence-electron chi connectivity index (χ0n) is 16.2. The number of ether oxygens (including phenoxy) is 2. The van der Waals surface area contributed by atoms with E-state index in [1.165, 1.54) is 14.2 Å². The molecule has 1 aromatic rings.